The molecule has 0 bridgehead atoms. The highest BCUT2D eigenvalue weighted by Crippen LogP contribution is 2.31. The minimum atomic E-state index is -3.54. The average Bonchev–Trinajstić information content (AvgIpc) is 3.01. The third-order valence-electron chi connectivity index (χ3n) is 4.58. The summed E-state index contributed by atoms with van der Waals surface area (Å²) in [5.74, 6) is -0.257. The van der Waals surface area contributed by atoms with E-state index in [1.165, 1.54) is 16.4 Å². The summed E-state index contributed by atoms with van der Waals surface area (Å²) in [5.41, 5.74) is 1.62. The van der Waals surface area contributed by atoms with Crippen LogP contribution >= 0.6 is 11.6 Å². The van der Waals surface area contributed by atoms with E-state index in [4.69, 9.17) is 16.0 Å². The van der Waals surface area contributed by atoms with Gasteiger partial charge in [0.05, 0.1) is 9.92 Å². The molecule has 0 aliphatic rings. The molecule has 28 heavy (non-hydrogen) atoms. The fourth-order valence-electron chi connectivity index (χ4n) is 3.04. The Morgan fingerprint density at radius 2 is 1.75 bits per heavy atom. The van der Waals surface area contributed by atoms with Gasteiger partial charge in [-0.25, -0.2) is 8.42 Å². The number of amides is 1. The lowest BCUT2D eigenvalue weighted by atomic mass is 10.1. The Bertz CT molecular complexity index is 1120. The molecule has 1 heterocycles. The highest BCUT2D eigenvalue weighted by atomic mass is 35.5. The van der Waals surface area contributed by atoms with E-state index in [9.17, 15) is 13.2 Å². The summed E-state index contributed by atoms with van der Waals surface area (Å²) in [5, 5.41) is 3.94. The summed E-state index contributed by atoms with van der Waals surface area (Å²) in [6, 6.07) is 11.4. The van der Waals surface area contributed by atoms with Gasteiger partial charge in [0.1, 0.15) is 0 Å². The number of fused-ring (bicyclic) bond motifs is 1. The predicted octanol–water partition coefficient (Wildman–Crippen LogP) is 4.68. The van der Waals surface area contributed by atoms with Crippen LogP contribution in [0, 0.1) is 6.92 Å². The second kappa shape index (κ2) is 7.95. The first-order valence-corrected chi connectivity index (χ1v) is 10.7. The zero-order chi connectivity index (χ0) is 20.5. The molecule has 1 N–H and O–H groups in total. The van der Waals surface area contributed by atoms with Crippen molar-refractivity contribution < 1.29 is 17.6 Å². The second-order valence-electron chi connectivity index (χ2n) is 6.24. The number of aryl methyl sites for hydroxylation is 1. The van der Waals surface area contributed by atoms with Crippen LogP contribution in [0.4, 0.5) is 5.69 Å². The van der Waals surface area contributed by atoms with Crippen LogP contribution in [0.15, 0.2) is 51.8 Å². The summed E-state index contributed by atoms with van der Waals surface area (Å²) in [6.45, 7) is 6.16. The molecule has 0 radical (unpaired) electrons. The van der Waals surface area contributed by atoms with Gasteiger partial charge in [-0.3, -0.25) is 4.79 Å². The van der Waals surface area contributed by atoms with E-state index in [1.807, 2.05) is 6.07 Å². The van der Waals surface area contributed by atoms with E-state index in [0.29, 0.717) is 34.9 Å². The van der Waals surface area contributed by atoms with Crippen molar-refractivity contribution in [2.75, 3.05) is 18.4 Å². The average molecular weight is 421 g/mol. The number of rotatable bonds is 6. The first-order chi connectivity index (χ1) is 13.3. The maximum absolute atomic E-state index is 12.6. The van der Waals surface area contributed by atoms with E-state index in [1.54, 1.807) is 45.0 Å². The number of hydrogen-bond acceptors (Lipinski definition) is 4. The fourth-order valence-corrected chi connectivity index (χ4v) is 4.71. The number of anilines is 1. The lowest BCUT2D eigenvalue weighted by molar-refractivity contribution is 0.0998. The van der Waals surface area contributed by atoms with Crippen molar-refractivity contribution in [2.24, 2.45) is 0 Å². The van der Waals surface area contributed by atoms with Crippen molar-refractivity contribution >= 4 is 44.2 Å². The lowest BCUT2D eigenvalue weighted by Crippen LogP contribution is -2.30. The Morgan fingerprint density at radius 3 is 2.32 bits per heavy atom. The molecule has 0 fully saturated rings. The van der Waals surface area contributed by atoms with E-state index in [0.717, 1.165) is 5.39 Å². The van der Waals surface area contributed by atoms with Crippen LogP contribution in [0.1, 0.15) is 30.0 Å². The molecular formula is C20H21ClN2O4S. The molecule has 1 aromatic heterocycles. The predicted molar refractivity (Wildman–Crippen MR) is 110 cm³/mol. The van der Waals surface area contributed by atoms with E-state index in [2.05, 4.69) is 5.32 Å². The van der Waals surface area contributed by atoms with E-state index < -0.39 is 15.9 Å². The molecule has 1 amide bonds. The molecular weight excluding hydrogens is 400 g/mol. The molecule has 0 aliphatic carbocycles. The highest BCUT2D eigenvalue weighted by Gasteiger charge is 2.22. The number of benzene rings is 2. The fraction of sp³-hybridized carbons (Fsp3) is 0.250. The van der Waals surface area contributed by atoms with Crippen molar-refractivity contribution in [1.29, 1.82) is 0 Å². The summed E-state index contributed by atoms with van der Waals surface area (Å²) in [6.07, 6.45) is 0. The zero-order valence-corrected chi connectivity index (χ0v) is 17.4. The van der Waals surface area contributed by atoms with E-state index in [-0.39, 0.29) is 10.7 Å². The van der Waals surface area contributed by atoms with Crippen LogP contribution in [0.25, 0.3) is 11.0 Å². The van der Waals surface area contributed by atoms with Gasteiger partial charge < -0.3 is 9.73 Å². The molecule has 0 unspecified atom stereocenters. The van der Waals surface area contributed by atoms with Crippen LogP contribution in [-0.4, -0.2) is 31.7 Å². The minimum absolute atomic E-state index is 0.169. The van der Waals surface area contributed by atoms with Crippen molar-refractivity contribution in [1.82, 2.24) is 4.31 Å². The molecule has 6 nitrogen and oxygen atoms in total. The number of furan rings is 1. The number of nitrogens with zero attached hydrogens (tertiary/aromatic N) is 1. The number of hydrogen-bond donors (Lipinski definition) is 1. The Morgan fingerprint density at radius 1 is 1.11 bits per heavy atom. The number of nitrogens with one attached hydrogen (secondary N) is 1. The van der Waals surface area contributed by atoms with Gasteiger partial charge in [0.25, 0.3) is 5.91 Å². The Labute approximate surface area is 169 Å². The Balaban J connectivity index is 1.84. The normalized spacial score (nSPS) is 11.9. The monoisotopic (exact) mass is 420 g/mol. The molecule has 0 saturated carbocycles. The molecule has 0 spiro atoms. The number of halogens is 1. The summed E-state index contributed by atoms with van der Waals surface area (Å²) in [7, 11) is -3.54. The largest absolute Gasteiger partial charge is 0.449 e. The van der Waals surface area contributed by atoms with E-state index >= 15 is 0 Å². The van der Waals surface area contributed by atoms with Crippen LogP contribution in [0.5, 0.6) is 0 Å². The van der Waals surface area contributed by atoms with Gasteiger partial charge in [-0.2, -0.15) is 4.31 Å². The maximum Gasteiger partial charge on any atom is 0.291 e. The second-order valence-corrected chi connectivity index (χ2v) is 8.59. The van der Waals surface area contributed by atoms with Gasteiger partial charge in [-0.1, -0.05) is 37.6 Å². The first-order valence-electron chi connectivity index (χ1n) is 8.88. The van der Waals surface area contributed by atoms with Gasteiger partial charge in [0.2, 0.25) is 10.0 Å². The van der Waals surface area contributed by atoms with Crippen LogP contribution in [-0.2, 0) is 10.0 Å². The molecule has 0 saturated heterocycles. The van der Waals surface area contributed by atoms with Gasteiger partial charge in [0, 0.05) is 29.7 Å². The van der Waals surface area contributed by atoms with Crippen molar-refractivity contribution in [3.63, 3.8) is 0 Å². The van der Waals surface area contributed by atoms with Crippen molar-refractivity contribution in [3.8, 4) is 0 Å². The van der Waals surface area contributed by atoms with Gasteiger partial charge >= 0.3 is 0 Å². The molecule has 0 aliphatic heterocycles. The number of sulfonamides is 1. The van der Waals surface area contributed by atoms with Crippen LogP contribution in [0.2, 0.25) is 5.02 Å². The van der Waals surface area contributed by atoms with Crippen molar-refractivity contribution in [2.45, 2.75) is 25.7 Å². The number of carbonyl (C=O) groups excluding carboxylic acids is 1. The van der Waals surface area contributed by atoms with Crippen LogP contribution in [0.3, 0.4) is 0 Å². The summed E-state index contributed by atoms with van der Waals surface area (Å²) < 4.78 is 32.1. The van der Waals surface area contributed by atoms with Crippen LogP contribution < -0.4 is 5.32 Å². The highest BCUT2D eigenvalue weighted by molar-refractivity contribution is 7.89. The van der Waals surface area contributed by atoms with Crippen molar-refractivity contribution in [3.05, 3.63) is 58.8 Å². The molecule has 148 valence electrons. The lowest BCUT2D eigenvalue weighted by Gasteiger charge is -2.18. The third kappa shape index (κ3) is 3.65. The molecule has 3 aromatic rings. The van der Waals surface area contributed by atoms with Gasteiger partial charge in [-0.15, -0.1) is 0 Å². The SMILES string of the molecule is CCN(CC)S(=O)(=O)c1ccc(NC(=O)c2oc3c(Cl)cccc3c2C)cc1. The van der Waals surface area contributed by atoms with Gasteiger partial charge in [-0.05, 0) is 37.3 Å². The topological polar surface area (TPSA) is 79.6 Å². The molecule has 8 heteroatoms. The summed E-state index contributed by atoms with van der Waals surface area (Å²) >= 11 is 6.13. The standard InChI is InChI=1S/C20H21ClN2O4S/c1-4-23(5-2)28(25,26)15-11-9-14(10-12-15)22-20(24)18-13(3)16-7-6-8-17(21)19(16)27-18/h6-12H,4-5H2,1-3H3,(H,22,24). The maximum atomic E-state index is 12.6. The number of para-hydroxylation sites is 1. The molecule has 3 rings (SSSR count). The molecule has 0 atom stereocenters. The molecule has 2 aromatic carbocycles. The zero-order valence-electron chi connectivity index (χ0n) is 15.8. The minimum Gasteiger partial charge on any atom is -0.449 e. The smallest absolute Gasteiger partial charge is 0.291 e. The van der Waals surface area contributed by atoms with Gasteiger partial charge in [0.15, 0.2) is 11.3 Å². The quantitative estimate of drug-likeness (QED) is 0.628. The third-order valence-corrected chi connectivity index (χ3v) is 6.94. The Kier molecular flexibility index (Phi) is 5.79. The Hall–Kier alpha value is -2.35. The summed E-state index contributed by atoms with van der Waals surface area (Å²) in [4.78, 5) is 12.8. The first kappa shape index (κ1) is 20.4. The number of carbonyl (C=O) groups is 1.